The molecule has 2 amide bonds. The molecule has 0 fully saturated rings. The number of urea groups is 1. The molecule has 0 saturated heterocycles. The Balaban J connectivity index is 1.52. The molecule has 0 spiro atoms. The van der Waals surface area contributed by atoms with Gasteiger partial charge in [0.2, 0.25) is 0 Å². The van der Waals surface area contributed by atoms with Crippen molar-refractivity contribution >= 4 is 12.0 Å². The maximum absolute atomic E-state index is 12.9. The van der Waals surface area contributed by atoms with Crippen molar-refractivity contribution in [3.8, 4) is 11.5 Å². The molecular formula is C26H24N2O4. The van der Waals surface area contributed by atoms with Crippen LogP contribution in [0.2, 0.25) is 0 Å². The molecule has 3 aromatic carbocycles. The number of nitrogens with one attached hydrogen (secondary N) is 2. The van der Waals surface area contributed by atoms with Gasteiger partial charge < -0.3 is 20.1 Å². The molecule has 162 valence electrons. The molecule has 6 heteroatoms. The monoisotopic (exact) mass is 428 g/mol. The molecule has 0 radical (unpaired) electrons. The molecule has 2 N–H and O–H groups in total. The van der Waals surface area contributed by atoms with Crippen LogP contribution in [0.25, 0.3) is 0 Å². The lowest BCUT2D eigenvalue weighted by molar-refractivity contribution is -0.140. The van der Waals surface area contributed by atoms with Crippen LogP contribution in [0.15, 0.2) is 90.1 Å². The van der Waals surface area contributed by atoms with Crippen molar-refractivity contribution < 1.29 is 19.1 Å². The van der Waals surface area contributed by atoms with Gasteiger partial charge in [0.15, 0.2) is 0 Å². The summed E-state index contributed by atoms with van der Waals surface area (Å²) in [6.07, 6.45) is 0. The molecule has 0 saturated carbocycles. The minimum atomic E-state index is -0.625. The Hall–Kier alpha value is -4.06. The molecule has 1 aliphatic heterocycles. The molecule has 1 unspecified atom stereocenters. The standard InChI is InChI=1S/C26H24N2O4/c1-17-8-12-21(13-9-17)32-22-14-10-20(11-15-22)24-23(18(2)27-26(30)28-24)25(29)31-16-19-6-4-3-5-7-19/h3-15,24H,16H2,1-2H3,(H2,27,28,30). The van der Waals surface area contributed by atoms with Crippen LogP contribution in [-0.4, -0.2) is 12.0 Å². The number of aryl methyl sites for hydroxylation is 1. The third-order valence-electron chi connectivity index (χ3n) is 5.17. The first kappa shape index (κ1) is 21.2. The van der Waals surface area contributed by atoms with Crippen LogP contribution < -0.4 is 15.4 Å². The van der Waals surface area contributed by atoms with Gasteiger partial charge in [-0.25, -0.2) is 9.59 Å². The van der Waals surface area contributed by atoms with Crippen LogP contribution >= 0.6 is 0 Å². The van der Waals surface area contributed by atoms with Gasteiger partial charge in [0.25, 0.3) is 0 Å². The zero-order valence-electron chi connectivity index (χ0n) is 17.9. The van der Waals surface area contributed by atoms with Crippen molar-refractivity contribution in [2.45, 2.75) is 26.5 Å². The summed E-state index contributed by atoms with van der Waals surface area (Å²) < 4.78 is 11.4. The Morgan fingerprint density at radius 1 is 0.875 bits per heavy atom. The van der Waals surface area contributed by atoms with Crippen molar-refractivity contribution in [3.05, 3.63) is 107 Å². The molecular weight excluding hydrogens is 404 g/mol. The lowest BCUT2D eigenvalue weighted by Crippen LogP contribution is -2.45. The normalized spacial score (nSPS) is 15.6. The van der Waals surface area contributed by atoms with Gasteiger partial charge in [0.1, 0.15) is 18.1 Å². The smallest absolute Gasteiger partial charge is 0.338 e. The quantitative estimate of drug-likeness (QED) is 0.532. The zero-order valence-corrected chi connectivity index (χ0v) is 17.9. The minimum absolute atomic E-state index is 0.153. The summed E-state index contributed by atoms with van der Waals surface area (Å²) in [5, 5.41) is 5.48. The van der Waals surface area contributed by atoms with Crippen molar-refractivity contribution in [1.82, 2.24) is 10.6 Å². The highest BCUT2D eigenvalue weighted by Gasteiger charge is 2.32. The third-order valence-corrected chi connectivity index (χ3v) is 5.17. The van der Waals surface area contributed by atoms with Crippen molar-refractivity contribution in [2.75, 3.05) is 0 Å². The highest BCUT2D eigenvalue weighted by molar-refractivity contribution is 5.95. The van der Waals surface area contributed by atoms with Gasteiger partial charge in [-0.05, 0) is 49.2 Å². The summed E-state index contributed by atoms with van der Waals surface area (Å²) in [6.45, 7) is 3.87. The Kier molecular flexibility index (Phi) is 6.22. The van der Waals surface area contributed by atoms with Crippen LogP contribution in [0.3, 0.4) is 0 Å². The first-order valence-electron chi connectivity index (χ1n) is 10.3. The fourth-order valence-corrected chi connectivity index (χ4v) is 3.49. The van der Waals surface area contributed by atoms with Crippen LogP contribution in [0, 0.1) is 6.92 Å². The highest BCUT2D eigenvalue weighted by atomic mass is 16.5. The van der Waals surface area contributed by atoms with E-state index in [1.54, 1.807) is 6.92 Å². The SMILES string of the molecule is CC1=C(C(=O)OCc2ccccc2)C(c2ccc(Oc3ccc(C)cc3)cc2)NC(=O)N1. The molecule has 32 heavy (non-hydrogen) atoms. The summed E-state index contributed by atoms with van der Waals surface area (Å²) >= 11 is 0. The summed E-state index contributed by atoms with van der Waals surface area (Å²) in [6, 6.07) is 23.5. The van der Waals surface area contributed by atoms with E-state index in [4.69, 9.17) is 9.47 Å². The number of benzene rings is 3. The number of carbonyl (C=O) groups excluding carboxylic acids is 2. The number of allylic oxidation sites excluding steroid dienone is 1. The van der Waals surface area contributed by atoms with E-state index in [-0.39, 0.29) is 12.6 Å². The molecule has 3 aromatic rings. The predicted octanol–water partition coefficient (Wildman–Crippen LogP) is 5.16. The van der Waals surface area contributed by atoms with E-state index < -0.39 is 12.0 Å². The highest BCUT2D eigenvalue weighted by Crippen LogP contribution is 2.30. The second-order valence-electron chi connectivity index (χ2n) is 7.62. The van der Waals surface area contributed by atoms with E-state index in [1.807, 2.05) is 85.8 Å². The maximum Gasteiger partial charge on any atom is 0.338 e. The number of amides is 2. The summed E-state index contributed by atoms with van der Waals surface area (Å²) in [5.74, 6) is 0.912. The molecule has 0 aliphatic carbocycles. The van der Waals surface area contributed by atoms with E-state index >= 15 is 0 Å². The summed E-state index contributed by atoms with van der Waals surface area (Å²) in [5.41, 5.74) is 3.64. The minimum Gasteiger partial charge on any atom is -0.457 e. The van der Waals surface area contributed by atoms with Crippen molar-refractivity contribution in [3.63, 3.8) is 0 Å². The molecule has 4 rings (SSSR count). The number of hydrogen-bond acceptors (Lipinski definition) is 4. The first-order valence-corrected chi connectivity index (χ1v) is 10.3. The molecule has 6 nitrogen and oxygen atoms in total. The topological polar surface area (TPSA) is 76.7 Å². The van der Waals surface area contributed by atoms with Gasteiger partial charge in [0.05, 0.1) is 11.6 Å². The van der Waals surface area contributed by atoms with Crippen molar-refractivity contribution in [2.24, 2.45) is 0 Å². The van der Waals surface area contributed by atoms with Gasteiger partial charge in [-0.3, -0.25) is 0 Å². The average Bonchev–Trinajstić information content (AvgIpc) is 2.80. The Morgan fingerprint density at radius 2 is 1.50 bits per heavy atom. The van der Waals surface area contributed by atoms with Crippen molar-refractivity contribution in [1.29, 1.82) is 0 Å². The molecule has 0 aromatic heterocycles. The Morgan fingerprint density at radius 3 is 2.16 bits per heavy atom. The molecule has 1 heterocycles. The van der Waals surface area contributed by atoms with Crippen LogP contribution in [-0.2, 0) is 16.1 Å². The van der Waals surface area contributed by atoms with E-state index in [0.29, 0.717) is 17.0 Å². The van der Waals surface area contributed by atoms with Crippen LogP contribution in [0.5, 0.6) is 11.5 Å². The number of hydrogen-bond donors (Lipinski definition) is 2. The average molecular weight is 428 g/mol. The number of esters is 1. The maximum atomic E-state index is 12.9. The molecule has 1 atom stereocenters. The van der Waals surface area contributed by atoms with E-state index in [1.165, 1.54) is 0 Å². The van der Waals surface area contributed by atoms with Gasteiger partial charge in [-0.1, -0.05) is 60.2 Å². The lowest BCUT2D eigenvalue weighted by atomic mass is 9.95. The van der Waals surface area contributed by atoms with E-state index in [0.717, 1.165) is 22.4 Å². The fraction of sp³-hybridized carbons (Fsp3) is 0.154. The first-order chi connectivity index (χ1) is 15.5. The summed E-state index contributed by atoms with van der Waals surface area (Å²) in [7, 11) is 0. The Labute approximate surface area is 186 Å². The third kappa shape index (κ3) is 4.98. The summed E-state index contributed by atoms with van der Waals surface area (Å²) in [4.78, 5) is 25.0. The van der Waals surface area contributed by atoms with Gasteiger partial charge in [0, 0.05) is 5.70 Å². The van der Waals surface area contributed by atoms with Gasteiger partial charge in [-0.2, -0.15) is 0 Å². The fourth-order valence-electron chi connectivity index (χ4n) is 3.49. The second kappa shape index (κ2) is 9.39. The lowest BCUT2D eigenvalue weighted by Gasteiger charge is -2.28. The predicted molar refractivity (Wildman–Crippen MR) is 121 cm³/mol. The van der Waals surface area contributed by atoms with Crippen LogP contribution in [0.1, 0.15) is 29.7 Å². The van der Waals surface area contributed by atoms with Gasteiger partial charge in [-0.15, -0.1) is 0 Å². The molecule has 0 bridgehead atoms. The van der Waals surface area contributed by atoms with Gasteiger partial charge >= 0.3 is 12.0 Å². The largest absolute Gasteiger partial charge is 0.457 e. The Bertz CT molecular complexity index is 1140. The number of carbonyl (C=O) groups is 2. The van der Waals surface area contributed by atoms with E-state index in [9.17, 15) is 9.59 Å². The van der Waals surface area contributed by atoms with E-state index in [2.05, 4.69) is 10.6 Å². The van der Waals surface area contributed by atoms with Crippen LogP contribution in [0.4, 0.5) is 4.79 Å². The molecule has 1 aliphatic rings. The number of ether oxygens (including phenoxy) is 2. The second-order valence-corrected chi connectivity index (χ2v) is 7.62. The zero-order chi connectivity index (χ0) is 22.5. The number of rotatable bonds is 6.